The number of nitrogens with one attached hydrogen (secondary N) is 1. The Morgan fingerprint density at radius 3 is 2.73 bits per heavy atom. The summed E-state index contributed by atoms with van der Waals surface area (Å²) in [5.41, 5.74) is 0.676. The first-order valence-electron chi connectivity index (χ1n) is 6.85. The van der Waals surface area contributed by atoms with Crippen molar-refractivity contribution in [2.24, 2.45) is 0 Å². The van der Waals surface area contributed by atoms with Crippen LogP contribution in [0.25, 0.3) is 0 Å². The van der Waals surface area contributed by atoms with Crippen LogP contribution in [0, 0.1) is 0 Å². The summed E-state index contributed by atoms with van der Waals surface area (Å²) in [5, 5.41) is 2.55. The van der Waals surface area contributed by atoms with Crippen molar-refractivity contribution in [3.8, 4) is 0 Å². The predicted molar refractivity (Wildman–Crippen MR) is 77.0 cm³/mol. The van der Waals surface area contributed by atoms with Crippen molar-refractivity contribution in [3.63, 3.8) is 0 Å². The van der Waals surface area contributed by atoms with Gasteiger partial charge in [-0.15, -0.1) is 0 Å². The van der Waals surface area contributed by atoms with Gasteiger partial charge in [0.25, 0.3) is 5.91 Å². The Balaban J connectivity index is 1.93. The summed E-state index contributed by atoms with van der Waals surface area (Å²) in [6.07, 6.45) is 0.982. The number of hydrogen-bond acceptors (Lipinski definition) is 5. The van der Waals surface area contributed by atoms with Crippen LogP contribution in [-0.4, -0.2) is 41.7 Å². The Kier molecular flexibility index (Phi) is 4.88. The molecule has 7 nitrogen and oxygen atoms in total. The van der Waals surface area contributed by atoms with Crippen molar-refractivity contribution in [2.75, 3.05) is 18.5 Å². The van der Waals surface area contributed by atoms with E-state index < -0.39 is 18.5 Å². The van der Waals surface area contributed by atoms with E-state index in [0.717, 1.165) is 4.90 Å². The molecule has 0 unspecified atom stereocenters. The molecule has 0 aromatic heterocycles. The molecular weight excluding hydrogens is 288 g/mol. The number of likely N-dealkylation sites (tertiary alicyclic amines) is 1. The van der Waals surface area contributed by atoms with E-state index in [2.05, 4.69) is 5.32 Å². The minimum absolute atomic E-state index is 0.215. The molecule has 1 aliphatic heterocycles. The molecule has 22 heavy (non-hydrogen) atoms. The Labute approximate surface area is 127 Å². The van der Waals surface area contributed by atoms with E-state index in [9.17, 15) is 19.2 Å². The van der Waals surface area contributed by atoms with Gasteiger partial charge in [-0.3, -0.25) is 19.3 Å². The first-order chi connectivity index (χ1) is 10.5. The lowest BCUT2D eigenvalue weighted by molar-refractivity contribution is -0.143. The maximum absolute atomic E-state index is 11.9. The monoisotopic (exact) mass is 304 g/mol. The lowest BCUT2D eigenvalue weighted by Gasteiger charge is -2.13. The maximum Gasteiger partial charge on any atom is 0.338 e. The first kappa shape index (κ1) is 15.7. The summed E-state index contributed by atoms with van der Waals surface area (Å²) in [6, 6.07) is 6.19. The highest BCUT2D eigenvalue weighted by molar-refractivity contribution is 5.99. The van der Waals surface area contributed by atoms with E-state index in [1.165, 1.54) is 19.1 Å². The Morgan fingerprint density at radius 2 is 2.09 bits per heavy atom. The van der Waals surface area contributed by atoms with Gasteiger partial charge in [0.2, 0.25) is 11.8 Å². The quantitative estimate of drug-likeness (QED) is 0.836. The molecule has 1 aromatic rings. The minimum Gasteiger partial charge on any atom is -0.452 e. The van der Waals surface area contributed by atoms with E-state index in [0.29, 0.717) is 25.1 Å². The number of ether oxygens (including phenoxy) is 1. The van der Waals surface area contributed by atoms with Gasteiger partial charge in [-0.05, 0) is 24.6 Å². The smallest absolute Gasteiger partial charge is 0.338 e. The normalized spacial score (nSPS) is 13.9. The molecule has 2 rings (SSSR count). The average Bonchev–Trinajstić information content (AvgIpc) is 2.90. The number of imide groups is 1. The Hall–Kier alpha value is -2.70. The second-order valence-electron chi connectivity index (χ2n) is 4.88. The van der Waals surface area contributed by atoms with E-state index in [1.807, 2.05) is 0 Å². The third kappa shape index (κ3) is 3.91. The summed E-state index contributed by atoms with van der Waals surface area (Å²) in [7, 11) is 0. The van der Waals surface area contributed by atoms with Crippen LogP contribution in [0.1, 0.15) is 30.1 Å². The molecule has 1 saturated heterocycles. The fraction of sp³-hybridized carbons (Fsp3) is 0.333. The van der Waals surface area contributed by atoms with Gasteiger partial charge in [-0.1, -0.05) is 6.07 Å². The summed E-state index contributed by atoms with van der Waals surface area (Å²) in [5.74, 6) is -1.71. The number of hydrogen-bond donors (Lipinski definition) is 1. The molecule has 1 heterocycles. The number of rotatable bonds is 4. The van der Waals surface area contributed by atoms with Gasteiger partial charge in [0.05, 0.1) is 5.56 Å². The first-order valence-corrected chi connectivity index (χ1v) is 6.85. The van der Waals surface area contributed by atoms with Gasteiger partial charge in [0.1, 0.15) is 0 Å². The number of amides is 3. The SMILES string of the molecule is CC(=O)Nc1cccc(C(=O)OCC(=O)N2CCCC2=O)c1. The molecule has 0 aliphatic carbocycles. The predicted octanol–water partition coefficient (Wildman–Crippen LogP) is 0.951. The topological polar surface area (TPSA) is 92.8 Å². The highest BCUT2D eigenvalue weighted by Crippen LogP contribution is 2.13. The van der Waals surface area contributed by atoms with Gasteiger partial charge in [0, 0.05) is 25.6 Å². The van der Waals surface area contributed by atoms with Crippen LogP contribution < -0.4 is 5.32 Å². The summed E-state index contributed by atoms with van der Waals surface area (Å²) >= 11 is 0. The molecule has 0 atom stereocenters. The lowest BCUT2D eigenvalue weighted by atomic mass is 10.2. The molecule has 116 valence electrons. The van der Waals surface area contributed by atoms with Crippen LogP contribution in [0.5, 0.6) is 0 Å². The van der Waals surface area contributed by atoms with Gasteiger partial charge >= 0.3 is 5.97 Å². The van der Waals surface area contributed by atoms with Crippen molar-refractivity contribution >= 4 is 29.4 Å². The highest BCUT2D eigenvalue weighted by Gasteiger charge is 2.27. The zero-order valence-electron chi connectivity index (χ0n) is 12.1. The standard InChI is InChI=1S/C15H16N2O5/c1-10(18)16-12-5-2-4-11(8-12)15(21)22-9-14(20)17-7-3-6-13(17)19/h2,4-5,8H,3,6-7,9H2,1H3,(H,16,18). The highest BCUT2D eigenvalue weighted by atomic mass is 16.5. The maximum atomic E-state index is 11.9. The number of benzene rings is 1. The van der Waals surface area contributed by atoms with Crippen LogP contribution in [0.2, 0.25) is 0 Å². The number of nitrogens with zero attached hydrogens (tertiary/aromatic N) is 1. The van der Waals surface area contributed by atoms with Crippen LogP contribution in [0.4, 0.5) is 5.69 Å². The van der Waals surface area contributed by atoms with E-state index in [4.69, 9.17) is 4.74 Å². The van der Waals surface area contributed by atoms with Gasteiger partial charge in [0.15, 0.2) is 6.61 Å². The van der Waals surface area contributed by atoms with E-state index in [1.54, 1.807) is 12.1 Å². The van der Waals surface area contributed by atoms with Crippen LogP contribution >= 0.6 is 0 Å². The van der Waals surface area contributed by atoms with Gasteiger partial charge in [-0.2, -0.15) is 0 Å². The van der Waals surface area contributed by atoms with Crippen molar-refractivity contribution < 1.29 is 23.9 Å². The van der Waals surface area contributed by atoms with Gasteiger partial charge in [-0.25, -0.2) is 4.79 Å². The molecule has 1 N–H and O–H groups in total. The largest absolute Gasteiger partial charge is 0.452 e. The Morgan fingerprint density at radius 1 is 1.32 bits per heavy atom. The summed E-state index contributed by atoms with van der Waals surface area (Å²) < 4.78 is 4.92. The minimum atomic E-state index is -0.688. The molecule has 1 aromatic carbocycles. The molecule has 1 fully saturated rings. The summed E-state index contributed by atoms with van der Waals surface area (Å²) in [6.45, 7) is 1.25. The molecule has 1 aliphatic rings. The zero-order chi connectivity index (χ0) is 16.1. The lowest BCUT2D eigenvalue weighted by Crippen LogP contribution is -2.35. The second-order valence-corrected chi connectivity index (χ2v) is 4.88. The van der Waals surface area contributed by atoms with Gasteiger partial charge < -0.3 is 10.1 Å². The van der Waals surface area contributed by atoms with E-state index >= 15 is 0 Å². The van der Waals surface area contributed by atoms with Crippen LogP contribution in [0.15, 0.2) is 24.3 Å². The molecular formula is C15H16N2O5. The van der Waals surface area contributed by atoms with Crippen LogP contribution in [0.3, 0.4) is 0 Å². The molecule has 0 saturated carbocycles. The van der Waals surface area contributed by atoms with Crippen LogP contribution in [-0.2, 0) is 19.1 Å². The molecule has 0 spiro atoms. The van der Waals surface area contributed by atoms with Crippen molar-refractivity contribution in [1.82, 2.24) is 4.90 Å². The van der Waals surface area contributed by atoms with E-state index in [-0.39, 0.29) is 17.4 Å². The third-order valence-corrected chi connectivity index (χ3v) is 3.12. The Bertz CT molecular complexity index is 626. The molecule has 0 radical (unpaired) electrons. The number of carbonyl (C=O) groups excluding carboxylic acids is 4. The third-order valence-electron chi connectivity index (χ3n) is 3.12. The number of anilines is 1. The average molecular weight is 304 g/mol. The fourth-order valence-corrected chi connectivity index (χ4v) is 2.13. The second kappa shape index (κ2) is 6.84. The number of carbonyl (C=O) groups is 4. The zero-order valence-corrected chi connectivity index (χ0v) is 12.1. The van der Waals surface area contributed by atoms with Crippen molar-refractivity contribution in [2.45, 2.75) is 19.8 Å². The van der Waals surface area contributed by atoms with Crippen molar-refractivity contribution in [3.05, 3.63) is 29.8 Å². The summed E-state index contributed by atoms with van der Waals surface area (Å²) in [4.78, 5) is 47.1. The molecule has 3 amide bonds. The fourth-order valence-electron chi connectivity index (χ4n) is 2.13. The molecule has 7 heteroatoms. The number of esters is 1. The molecule has 0 bridgehead atoms. The van der Waals surface area contributed by atoms with Crippen molar-refractivity contribution in [1.29, 1.82) is 0 Å².